The fourth-order valence-electron chi connectivity index (χ4n) is 6.36. The Bertz CT molecular complexity index is 679. The van der Waals surface area contributed by atoms with Gasteiger partial charge in [-0.3, -0.25) is 10.2 Å². The molecule has 2 heterocycles. The van der Waals surface area contributed by atoms with Crippen LogP contribution in [0.15, 0.2) is 0 Å². The van der Waals surface area contributed by atoms with Gasteiger partial charge in [0.15, 0.2) is 0 Å². The molecule has 0 spiro atoms. The van der Waals surface area contributed by atoms with Crippen molar-refractivity contribution in [2.24, 2.45) is 0 Å². The second-order valence-electron chi connectivity index (χ2n) is 12.5. The predicted molar refractivity (Wildman–Crippen MR) is 129 cm³/mol. The summed E-state index contributed by atoms with van der Waals surface area (Å²) in [7, 11) is 0. The van der Waals surface area contributed by atoms with Crippen LogP contribution in [0.5, 0.6) is 0 Å². The highest BCUT2D eigenvalue weighted by Gasteiger charge is 2.56. The summed E-state index contributed by atoms with van der Waals surface area (Å²) in [5, 5.41) is 44.1. The first-order chi connectivity index (χ1) is 15.0. The van der Waals surface area contributed by atoms with E-state index < -0.39 is 33.4 Å². The summed E-state index contributed by atoms with van der Waals surface area (Å²) >= 11 is 0. The number of rotatable bonds is 8. The van der Waals surface area contributed by atoms with Crippen molar-refractivity contribution in [3.05, 3.63) is 11.4 Å². The van der Waals surface area contributed by atoms with E-state index in [1.165, 1.54) is 10.1 Å². The van der Waals surface area contributed by atoms with E-state index in [-0.39, 0.29) is 0 Å². The van der Waals surface area contributed by atoms with Crippen molar-refractivity contribution < 1.29 is 10.4 Å². The average Bonchev–Trinajstić information content (AvgIpc) is 2.68. The molecule has 0 atom stereocenters. The summed E-state index contributed by atoms with van der Waals surface area (Å²) < 4.78 is 0. The van der Waals surface area contributed by atoms with Crippen LogP contribution in [0.25, 0.3) is 4.85 Å². The van der Waals surface area contributed by atoms with Crippen LogP contribution in [0.2, 0.25) is 0 Å². The number of piperidine rings is 2. The molecular formula is C24H45N7O2. The molecule has 0 unspecified atom stereocenters. The van der Waals surface area contributed by atoms with E-state index in [9.17, 15) is 15.7 Å². The lowest BCUT2D eigenvalue weighted by molar-refractivity contribution is -0.252. The molecule has 33 heavy (non-hydrogen) atoms. The molecule has 2 saturated heterocycles. The first-order valence-electron chi connectivity index (χ1n) is 12.0. The van der Waals surface area contributed by atoms with Crippen molar-refractivity contribution in [2.45, 2.75) is 114 Å². The maximum Gasteiger partial charge on any atom is 0.289 e. The molecular weight excluding hydrogens is 418 g/mol. The number of hydroxylamine groups is 4. The molecule has 2 fully saturated rings. The Morgan fingerprint density at radius 3 is 1.55 bits per heavy atom. The predicted octanol–water partition coefficient (Wildman–Crippen LogP) is 2.72. The van der Waals surface area contributed by atoms with E-state index >= 15 is 0 Å². The first kappa shape index (κ1) is 27.9. The molecule has 5 N–H and O–H groups in total. The number of hydrogen-bond acceptors (Lipinski definition) is 8. The molecule has 0 amide bonds. The van der Waals surface area contributed by atoms with Crippen LogP contribution in [-0.2, 0) is 0 Å². The highest BCUT2D eigenvalue weighted by molar-refractivity contribution is 5.17. The topological polar surface area (TPSA) is 111 Å². The smallest absolute Gasteiger partial charge is 0.289 e. The minimum atomic E-state index is -0.702. The van der Waals surface area contributed by atoms with Gasteiger partial charge in [0.25, 0.3) is 5.66 Å². The third-order valence-corrected chi connectivity index (χ3v) is 7.16. The molecule has 0 aromatic heterocycles. The van der Waals surface area contributed by atoms with Crippen LogP contribution in [-0.4, -0.2) is 80.1 Å². The number of nitrogens with zero attached hydrogens (tertiary/aromatic N) is 4. The highest BCUT2D eigenvalue weighted by atomic mass is 16.5. The lowest BCUT2D eigenvalue weighted by atomic mass is 9.71. The molecule has 0 radical (unpaired) electrons. The van der Waals surface area contributed by atoms with Gasteiger partial charge in [0, 0.05) is 37.3 Å². The highest BCUT2D eigenvalue weighted by Crippen LogP contribution is 2.43. The van der Waals surface area contributed by atoms with Gasteiger partial charge in [0.1, 0.15) is 5.54 Å². The zero-order valence-electron chi connectivity index (χ0n) is 21.8. The molecule has 9 nitrogen and oxygen atoms in total. The van der Waals surface area contributed by atoms with E-state index in [1.54, 1.807) is 0 Å². The van der Waals surface area contributed by atoms with Gasteiger partial charge in [-0.2, -0.15) is 15.4 Å². The molecule has 2 rings (SSSR count). The molecule has 188 valence electrons. The summed E-state index contributed by atoms with van der Waals surface area (Å²) in [6, 6.07) is 2.48. The monoisotopic (exact) mass is 463 g/mol. The third-order valence-electron chi connectivity index (χ3n) is 7.16. The van der Waals surface area contributed by atoms with Gasteiger partial charge in [-0.1, -0.05) is 0 Å². The van der Waals surface area contributed by atoms with Crippen molar-refractivity contribution in [3.63, 3.8) is 0 Å². The van der Waals surface area contributed by atoms with Crippen LogP contribution in [0.3, 0.4) is 0 Å². The van der Waals surface area contributed by atoms with Gasteiger partial charge in [0.2, 0.25) is 0 Å². The van der Waals surface area contributed by atoms with Gasteiger partial charge >= 0.3 is 0 Å². The minimum Gasteiger partial charge on any atom is -0.314 e. The first-order valence-corrected chi connectivity index (χ1v) is 12.0. The molecule has 9 heteroatoms. The Morgan fingerprint density at radius 2 is 1.15 bits per heavy atom. The van der Waals surface area contributed by atoms with Gasteiger partial charge in [0.05, 0.1) is 30.0 Å². The molecule has 2 aliphatic rings. The van der Waals surface area contributed by atoms with Crippen molar-refractivity contribution in [1.82, 2.24) is 26.1 Å². The second-order valence-corrected chi connectivity index (χ2v) is 12.5. The second kappa shape index (κ2) is 9.39. The zero-order chi connectivity index (χ0) is 25.3. The summed E-state index contributed by atoms with van der Waals surface area (Å²) in [6.07, 6.45) is 2.17. The average molecular weight is 464 g/mol. The summed E-state index contributed by atoms with van der Waals surface area (Å²) in [6.45, 7) is 26.2. The summed E-state index contributed by atoms with van der Waals surface area (Å²) in [5.41, 5.74) is -3.37. The van der Waals surface area contributed by atoms with E-state index in [1.807, 2.05) is 55.4 Å². The maximum absolute atomic E-state index is 10.5. The summed E-state index contributed by atoms with van der Waals surface area (Å²) in [4.78, 5) is 3.95. The van der Waals surface area contributed by atoms with Gasteiger partial charge < -0.3 is 15.7 Å². The Labute approximate surface area is 200 Å². The number of hydrogen-bond donors (Lipinski definition) is 5. The fraction of sp³-hybridized carbons (Fsp3) is 0.917. The molecule has 0 aromatic carbocycles. The summed E-state index contributed by atoms with van der Waals surface area (Å²) in [5.74, 6) is 0. The lowest BCUT2D eigenvalue weighted by Gasteiger charge is -2.54. The van der Waals surface area contributed by atoms with Gasteiger partial charge in [-0.25, -0.2) is 11.9 Å². The Morgan fingerprint density at radius 1 is 0.758 bits per heavy atom. The van der Waals surface area contributed by atoms with Crippen molar-refractivity contribution in [3.8, 4) is 6.07 Å². The van der Waals surface area contributed by atoms with Gasteiger partial charge in [-0.05, 0) is 68.2 Å². The van der Waals surface area contributed by atoms with Crippen LogP contribution < -0.4 is 16.0 Å². The quantitative estimate of drug-likeness (QED) is 0.276. The standard InChI is InChI=1S/C24H45N7O2/c1-19(2)14-23(18-25,15-20(3,4)30(19)32)28-12-10-27-11-13-29-24(26-9)16-21(5,6)31(33)22(7,8)17-24/h27-29,32-33H,10-17H2,1-8H3. The van der Waals surface area contributed by atoms with Crippen molar-refractivity contribution in [2.75, 3.05) is 26.2 Å². The molecule has 0 bridgehead atoms. The lowest BCUT2D eigenvalue weighted by Crippen LogP contribution is -2.67. The number of nitrogens with one attached hydrogen (secondary N) is 3. The fourth-order valence-corrected chi connectivity index (χ4v) is 6.36. The molecule has 2 aliphatic heterocycles. The molecule has 0 aliphatic carbocycles. The Kier molecular flexibility index (Phi) is 7.95. The van der Waals surface area contributed by atoms with Crippen LogP contribution >= 0.6 is 0 Å². The normalized spacial score (nSPS) is 27.4. The van der Waals surface area contributed by atoms with Crippen LogP contribution in [0.4, 0.5) is 0 Å². The largest absolute Gasteiger partial charge is 0.314 e. The minimum absolute atomic E-state index is 0.492. The van der Waals surface area contributed by atoms with Crippen molar-refractivity contribution in [1.29, 1.82) is 5.26 Å². The zero-order valence-corrected chi connectivity index (χ0v) is 21.8. The van der Waals surface area contributed by atoms with Crippen molar-refractivity contribution >= 4 is 0 Å². The maximum atomic E-state index is 10.5. The van der Waals surface area contributed by atoms with E-state index in [0.29, 0.717) is 51.9 Å². The Hall–Kier alpha value is -1.30. The van der Waals surface area contributed by atoms with E-state index in [0.717, 1.165) is 0 Å². The molecule has 0 aromatic rings. The van der Waals surface area contributed by atoms with Gasteiger partial charge in [-0.15, -0.1) is 0 Å². The van der Waals surface area contributed by atoms with E-state index in [2.05, 4.69) is 26.9 Å². The van der Waals surface area contributed by atoms with Crippen LogP contribution in [0, 0.1) is 17.9 Å². The Balaban J connectivity index is 1.83. The third kappa shape index (κ3) is 6.04. The molecule has 0 saturated carbocycles. The van der Waals surface area contributed by atoms with E-state index in [4.69, 9.17) is 6.57 Å². The number of nitriles is 1. The van der Waals surface area contributed by atoms with Crippen LogP contribution in [0.1, 0.15) is 81.1 Å². The SMILES string of the molecule is [C-]#[N+]C1(NCCNCCNC2(C#N)CC(C)(C)N(O)C(C)(C)C2)CC(C)(C)N(O)C(C)(C)C1.